The molecule has 2 N–H and O–H groups in total. The molecule has 4 nitrogen and oxygen atoms in total. The van der Waals surface area contributed by atoms with Crippen molar-refractivity contribution in [1.29, 1.82) is 0 Å². The van der Waals surface area contributed by atoms with Crippen LogP contribution in [-0.4, -0.2) is 24.9 Å². The minimum Gasteiger partial charge on any atom is -0.743 e. The molecule has 0 aliphatic carbocycles. The molecule has 0 fully saturated rings. The van der Waals surface area contributed by atoms with Crippen molar-refractivity contribution in [2.24, 2.45) is 5.41 Å². The van der Waals surface area contributed by atoms with Crippen LogP contribution in [0.2, 0.25) is 0 Å². The van der Waals surface area contributed by atoms with Gasteiger partial charge in [0.05, 0.1) is 6.54 Å². The summed E-state index contributed by atoms with van der Waals surface area (Å²) < 4.78 is 33.9. The number of hydrogen-bond acceptors (Lipinski definition) is 3. The van der Waals surface area contributed by atoms with Crippen molar-refractivity contribution in [3.8, 4) is 0 Å². The second-order valence-corrected chi connectivity index (χ2v) is 8.98. The fourth-order valence-electron chi connectivity index (χ4n) is 2.81. The molecule has 0 aliphatic rings. The Morgan fingerprint density at radius 1 is 0.864 bits per heavy atom. The Kier molecular flexibility index (Phi) is 11.3. The Labute approximate surface area is 138 Å². The summed E-state index contributed by atoms with van der Waals surface area (Å²) in [6.07, 6.45) is 12.6. The number of unbranched alkanes of at least 4 members (excludes halogenated alkanes) is 9. The minimum absolute atomic E-state index is 0.515. The largest absolute Gasteiger partial charge is 0.743 e. The molecule has 134 valence electrons. The van der Waals surface area contributed by atoms with E-state index in [2.05, 4.69) is 6.92 Å². The zero-order chi connectivity index (χ0) is 17.1. The summed E-state index contributed by atoms with van der Waals surface area (Å²) in [6, 6.07) is 0. The summed E-state index contributed by atoms with van der Waals surface area (Å²) in [7, 11) is -4.24. The summed E-state index contributed by atoms with van der Waals surface area (Å²) in [4.78, 5) is 0. The fraction of sp³-hybridized carbons (Fsp3) is 1.00. The Morgan fingerprint density at radius 3 is 1.64 bits per heavy atom. The smallest absolute Gasteiger partial charge is 0.180 e. The summed E-state index contributed by atoms with van der Waals surface area (Å²) in [5, 5.41) is 0.839. The molecule has 22 heavy (non-hydrogen) atoms. The molecule has 0 saturated heterocycles. The van der Waals surface area contributed by atoms with Gasteiger partial charge in [-0.15, -0.1) is 0 Å². The zero-order valence-corrected chi connectivity index (χ0v) is 15.9. The Hall–Kier alpha value is -0.130. The fourth-order valence-corrected chi connectivity index (χ4v) is 4.04. The predicted molar refractivity (Wildman–Crippen MR) is 91.6 cm³/mol. The van der Waals surface area contributed by atoms with Crippen molar-refractivity contribution in [1.82, 2.24) is 0 Å². The van der Waals surface area contributed by atoms with E-state index in [1.165, 1.54) is 51.4 Å². The van der Waals surface area contributed by atoms with E-state index in [4.69, 9.17) is 0 Å². The van der Waals surface area contributed by atoms with Crippen LogP contribution >= 0.6 is 0 Å². The lowest BCUT2D eigenvalue weighted by molar-refractivity contribution is -0.681. The molecule has 0 amide bonds. The normalized spacial score (nSPS) is 14.2. The first-order chi connectivity index (χ1) is 10.2. The van der Waals surface area contributed by atoms with E-state index in [-0.39, 0.29) is 0 Å². The van der Waals surface area contributed by atoms with Crippen molar-refractivity contribution < 1.29 is 18.3 Å². The Balaban J connectivity index is 3.63. The molecular formula is C17H37NO3S. The molecule has 1 atom stereocenters. The molecule has 5 heteroatoms. The summed E-state index contributed by atoms with van der Waals surface area (Å²) >= 11 is 0. The average Bonchev–Trinajstić information content (AvgIpc) is 2.37. The van der Waals surface area contributed by atoms with Gasteiger partial charge in [-0.3, -0.25) is 0 Å². The molecule has 1 unspecified atom stereocenters. The van der Waals surface area contributed by atoms with Crippen LogP contribution in [0.15, 0.2) is 0 Å². The van der Waals surface area contributed by atoms with Gasteiger partial charge < -0.3 is 9.87 Å². The zero-order valence-electron chi connectivity index (χ0n) is 15.1. The van der Waals surface area contributed by atoms with E-state index >= 15 is 0 Å². The first-order valence-electron chi connectivity index (χ1n) is 8.97. The van der Waals surface area contributed by atoms with Crippen LogP contribution in [0.5, 0.6) is 0 Å². The average molecular weight is 336 g/mol. The Bertz CT molecular complexity index is 361. The van der Waals surface area contributed by atoms with Crippen molar-refractivity contribution in [3.05, 3.63) is 0 Å². The second kappa shape index (κ2) is 11.4. The monoisotopic (exact) mass is 335 g/mol. The molecule has 0 spiro atoms. The number of rotatable bonds is 13. The molecule has 0 heterocycles. The highest BCUT2D eigenvalue weighted by atomic mass is 32.2. The van der Waals surface area contributed by atoms with Crippen molar-refractivity contribution in [2.75, 3.05) is 6.54 Å². The van der Waals surface area contributed by atoms with Gasteiger partial charge in [-0.2, -0.15) is 0 Å². The molecule has 0 aromatic carbocycles. The van der Waals surface area contributed by atoms with Crippen LogP contribution in [0.4, 0.5) is 0 Å². The van der Waals surface area contributed by atoms with Crippen LogP contribution in [0.1, 0.15) is 91.9 Å². The maximum absolute atomic E-state index is 11.3. The van der Waals surface area contributed by atoms with Gasteiger partial charge >= 0.3 is 0 Å². The molecule has 0 rings (SSSR count). The van der Waals surface area contributed by atoms with Gasteiger partial charge in [0.1, 0.15) is 10.1 Å². The molecule has 0 aromatic rings. The van der Waals surface area contributed by atoms with Crippen molar-refractivity contribution in [2.45, 2.75) is 97.3 Å². The van der Waals surface area contributed by atoms with E-state index in [1.54, 1.807) is 5.32 Å². The van der Waals surface area contributed by atoms with Gasteiger partial charge in [-0.25, -0.2) is 8.42 Å². The Morgan fingerprint density at radius 2 is 1.27 bits per heavy atom. The first-order valence-corrected chi connectivity index (χ1v) is 10.4. The van der Waals surface area contributed by atoms with Crippen molar-refractivity contribution >= 4 is 10.1 Å². The van der Waals surface area contributed by atoms with E-state index < -0.39 is 20.9 Å². The summed E-state index contributed by atoms with van der Waals surface area (Å²) in [6.45, 7) is 8.38. The highest BCUT2D eigenvalue weighted by molar-refractivity contribution is 7.86. The minimum atomic E-state index is -4.24. The third kappa shape index (κ3) is 11.4. The topological polar surface area (TPSA) is 73.8 Å². The maximum atomic E-state index is 11.3. The van der Waals surface area contributed by atoms with Crippen LogP contribution in [0.25, 0.3) is 0 Å². The van der Waals surface area contributed by atoms with E-state index in [0.717, 1.165) is 19.4 Å². The van der Waals surface area contributed by atoms with Crippen LogP contribution in [0.3, 0.4) is 0 Å². The molecule has 0 aliphatic heterocycles. The van der Waals surface area contributed by atoms with Gasteiger partial charge in [0, 0.05) is 5.41 Å². The number of hydrogen-bond donors (Lipinski definition) is 1. The third-order valence-corrected chi connectivity index (χ3v) is 5.62. The first kappa shape index (κ1) is 21.9. The molecule has 0 saturated carbocycles. The van der Waals surface area contributed by atoms with Gasteiger partial charge in [0.25, 0.3) is 0 Å². The van der Waals surface area contributed by atoms with Gasteiger partial charge in [-0.1, -0.05) is 79.1 Å². The SMILES string of the molecule is CCCCCCCCCCCC[NH2+]C(C(C)(C)C)S(=O)(=O)[O-]. The van der Waals surface area contributed by atoms with Gasteiger partial charge in [-0.05, 0) is 12.8 Å². The molecular weight excluding hydrogens is 298 g/mol. The third-order valence-electron chi connectivity index (χ3n) is 4.10. The summed E-state index contributed by atoms with van der Waals surface area (Å²) in [5.74, 6) is 0. The van der Waals surface area contributed by atoms with Gasteiger partial charge in [0.2, 0.25) is 0 Å². The van der Waals surface area contributed by atoms with Gasteiger partial charge in [0.15, 0.2) is 5.37 Å². The second-order valence-electron chi connectivity index (χ2n) is 7.49. The lowest BCUT2D eigenvalue weighted by Crippen LogP contribution is -2.94. The lowest BCUT2D eigenvalue weighted by atomic mass is 9.96. The predicted octanol–water partition coefficient (Wildman–Crippen LogP) is 3.39. The molecule has 0 radical (unpaired) electrons. The quantitative estimate of drug-likeness (QED) is 0.414. The molecule has 0 aromatic heterocycles. The van der Waals surface area contributed by atoms with Crippen molar-refractivity contribution in [3.63, 3.8) is 0 Å². The molecule has 0 bridgehead atoms. The highest BCUT2D eigenvalue weighted by Crippen LogP contribution is 2.19. The van der Waals surface area contributed by atoms with Crippen LogP contribution < -0.4 is 5.32 Å². The standard InChI is InChI=1S/C17H37NO3S/c1-5-6-7-8-9-10-11-12-13-14-15-18-16(17(2,3)4)22(19,20)21/h16,18H,5-15H2,1-4H3,(H,19,20,21). The van der Waals surface area contributed by atoms with E-state index in [1.807, 2.05) is 20.8 Å². The van der Waals surface area contributed by atoms with Crippen LogP contribution in [0, 0.1) is 5.41 Å². The summed E-state index contributed by atoms with van der Waals surface area (Å²) in [5.41, 5.74) is -0.515. The highest BCUT2D eigenvalue weighted by Gasteiger charge is 2.33. The van der Waals surface area contributed by atoms with E-state index in [9.17, 15) is 13.0 Å². The van der Waals surface area contributed by atoms with Crippen LogP contribution in [-0.2, 0) is 10.1 Å². The van der Waals surface area contributed by atoms with E-state index in [0.29, 0.717) is 0 Å². The lowest BCUT2D eigenvalue weighted by Gasteiger charge is -2.30. The number of nitrogens with two attached hydrogens (primary N) is 1. The number of quaternary nitrogens is 1. The maximum Gasteiger partial charge on any atom is 0.180 e.